The second-order valence-corrected chi connectivity index (χ2v) is 7.89. The number of nitrogens with one attached hydrogen (secondary N) is 1. The van der Waals surface area contributed by atoms with E-state index in [9.17, 15) is 18.0 Å². The number of hydrogen-bond acceptors (Lipinski definition) is 4. The van der Waals surface area contributed by atoms with E-state index in [1.54, 1.807) is 6.92 Å². The van der Waals surface area contributed by atoms with Gasteiger partial charge in [-0.1, -0.05) is 48.5 Å². The highest BCUT2D eigenvalue weighted by Gasteiger charge is 2.28. The van der Waals surface area contributed by atoms with Crippen molar-refractivity contribution in [3.05, 3.63) is 90.5 Å². The number of amides is 1. The van der Waals surface area contributed by atoms with E-state index in [-0.39, 0.29) is 18.1 Å². The van der Waals surface area contributed by atoms with Crippen molar-refractivity contribution in [1.82, 2.24) is 15.3 Å². The summed E-state index contributed by atoms with van der Waals surface area (Å²) in [7, 11) is 0. The molecule has 8 heteroatoms. The minimum atomic E-state index is -4.41. The molecule has 0 bridgehead atoms. The van der Waals surface area contributed by atoms with Gasteiger partial charge in [-0.25, -0.2) is 0 Å². The van der Waals surface area contributed by atoms with Crippen molar-refractivity contribution in [2.24, 2.45) is 0 Å². The van der Waals surface area contributed by atoms with Crippen LogP contribution < -0.4 is 10.1 Å². The topological polar surface area (TPSA) is 64.1 Å². The first kappa shape index (κ1) is 23.2. The minimum Gasteiger partial charge on any atom is -0.483 e. The molecule has 174 valence electrons. The zero-order valence-corrected chi connectivity index (χ0v) is 18.3. The van der Waals surface area contributed by atoms with Gasteiger partial charge >= 0.3 is 6.18 Å². The molecule has 0 fully saturated rings. The lowest BCUT2D eigenvalue weighted by Crippen LogP contribution is -2.28. The number of aromatic nitrogens is 2. The molecule has 0 unspecified atom stereocenters. The third-order valence-corrected chi connectivity index (χ3v) is 5.28. The van der Waals surface area contributed by atoms with Crippen LogP contribution >= 0.6 is 0 Å². The highest BCUT2D eigenvalue weighted by Crippen LogP contribution is 2.27. The van der Waals surface area contributed by atoms with Crippen LogP contribution in [0.3, 0.4) is 0 Å². The average molecular weight is 465 g/mol. The molecule has 0 aliphatic heterocycles. The summed E-state index contributed by atoms with van der Waals surface area (Å²) >= 11 is 0. The lowest BCUT2D eigenvalue weighted by molar-refractivity contribution is -0.153. The van der Waals surface area contributed by atoms with Gasteiger partial charge in [-0.05, 0) is 35.6 Å². The first-order valence-corrected chi connectivity index (χ1v) is 10.7. The van der Waals surface area contributed by atoms with Crippen molar-refractivity contribution < 1.29 is 22.7 Å². The van der Waals surface area contributed by atoms with E-state index in [0.717, 1.165) is 27.5 Å². The number of pyridine rings is 2. The molecule has 1 amide bonds. The van der Waals surface area contributed by atoms with Crippen LogP contribution in [-0.4, -0.2) is 28.7 Å². The second-order valence-electron chi connectivity index (χ2n) is 7.89. The normalized spacial score (nSPS) is 12.4. The summed E-state index contributed by atoms with van der Waals surface area (Å²) < 4.78 is 41.4. The van der Waals surface area contributed by atoms with E-state index in [1.807, 2.05) is 54.9 Å². The molecule has 2 aromatic heterocycles. The Kier molecular flexibility index (Phi) is 6.77. The van der Waals surface area contributed by atoms with Crippen molar-refractivity contribution in [3.8, 4) is 16.9 Å². The molecule has 1 atom stereocenters. The van der Waals surface area contributed by atoms with Crippen molar-refractivity contribution in [2.75, 3.05) is 6.61 Å². The number of carbonyl (C=O) groups is 1. The van der Waals surface area contributed by atoms with Crippen LogP contribution in [0.15, 0.2) is 79.3 Å². The second kappa shape index (κ2) is 9.91. The van der Waals surface area contributed by atoms with Crippen LogP contribution in [-0.2, 0) is 11.2 Å². The summed E-state index contributed by atoms with van der Waals surface area (Å²) in [4.78, 5) is 20.9. The van der Waals surface area contributed by atoms with Crippen LogP contribution in [0.4, 0.5) is 13.2 Å². The Morgan fingerprint density at radius 1 is 1.00 bits per heavy atom. The van der Waals surface area contributed by atoms with Gasteiger partial charge in [-0.15, -0.1) is 0 Å². The SMILES string of the molecule is C[C@@H](NC(=O)Cc1ccc(-c2cncc3ccccc23)cc1)c1ccc(OCC(F)(F)F)cn1. The Bertz CT molecular complexity index is 1270. The molecule has 2 aromatic carbocycles. The van der Waals surface area contributed by atoms with E-state index >= 15 is 0 Å². The Hall–Kier alpha value is -3.94. The lowest BCUT2D eigenvalue weighted by Gasteiger charge is -2.15. The van der Waals surface area contributed by atoms with Gasteiger partial charge in [0.2, 0.25) is 5.91 Å². The number of benzene rings is 2. The summed E-state index contributed by atoms with van der Waals surface area (Å²) in [5, 5.41) is 5.03. The number of carbonyl (C=O) groups excluding carboxylic acids is 1. The van der Waals surface area contributed by atoms with Gasteiger partial charge in [0, 0.05) is 23.3 Å². The fourth-order valence-corrected chi connectivity index (χ4v) is 3.60. The maximum atomic E-state index is 12.5. The van der Waals surface area contributed by atoms with Crippen molar-refractivity contribution >= 4 is 16.7 Å². The quantitative estimate of drug-likeness (QED) is 0.383. The monoisotopic (exact) mass is 465 g/mol. The van der Waals surface area contributed by atoms with E-state index in [1.165, 1.54) is 18.3 Å². The molecule has 34 heavy (non-hydrogen) atoms. The van der Waals surface area contributed by atoms with E-state index in [0.29, 0.717) is 5.69 Å². The molecule has 2 heterocycles. The third-order valence-electron chi connectivity index (χ3n) is 5.28. The number of ether oxygens (including phenoxy) is 1. The Balaban J connectivity index is 1.36. The first-order chi connectivity index (χ1) is 16.3. The highest BCUT2D eigenvalue weighted by molar-refractivity contribution is 5.95. The Morgan fingerprint density at radius 2 is 1.76 bits per heavy atom. The molecule has 4 rings (SSSR count). The maximum absolute atomic E-state index is 12.5. The summed E-state index contributed by atoms with van der Waals surface area (Å²) in [6.07, 6.45) is 0.647. The average Bonchev–Trinajstić information content (AvgIpc) is 2.83. The van der Waals surface area contributed by atoms with Gasteiger partial charge in [0.1, 0.15) is 5.75 Å². The first-order valence-electron chi connectivity index (χ1n) is 10.7. The molecule has 4 aromatic rings. The minimum absolute atomic E-state index is 0.0149. The van der Waals surface area contributed by atoms with E-state index in [2.05, 4.69) is 26.1 Å². The number of alkyl halides is 3. The number of fused-ring (bicyclic) bond motifs is 1. The number of nitrogens with zero attached hydrogens (tertiary/aromatic N) is 2. The predicted molar refractivity (Wildman–Crippen MR) is 123 cm³/mol. The van der Waals surface area contributed by atoms with E-state index in [4.69, 9.17) is 0 Å². The smallest absolute Gasteiger partial charge is 0.422 e. The van der Waals surface area contributed by atoms with Crippen molar-refractivity contribution in [1.29, 1.82) is 0 Å². The standard InChI is InChI=1S/C26H22F3N3O2/c1-17(24-11-10-21(14-31-24)34-16-26(27,28)29)32-25(33)12-18-6-8-19(9-7-18)23-15-30-13-20-4-2-3-5-22(20)23/h2-11,13-15,17H,12,16H2,1H3,(H,32,33)/t17-/m1/s1. The maximum Gasteiger partial charge on any atom is 0.422 e. The third kappa shape index (κ3) is 5.89. The largest absolute Gasteiger partial charge is 0.483 e. The molecule has 0 saturated carbocycles. The molecular weight excluding hydrogens is 443 g/mol. The summed E-state index contributed by atoms with van der Waals surface area (Å²) in [5.41, 5.74) is 3.41. The van der Waals surface area contributed by atoms with E-state index < -0.39 is 18.8 Å². The van der Waals surface area contributed by atoms with Gasteiger partial charge in [0.15, 0.2) is 6.61 Å². The number of hydrogen-bond donors (Lipinski definition) is 1. The van der Waals surface area contributed by atoms with Gasteiger partial charge in [0.25, 0.3) is 0 Å². The highest BCUT2D eigenvalue weighted by atomic mass is 19.4. The molecule has 0 aliphatic rings. The van der Waals surface area contributed by atoms with Gasteiger partial charge < -0.3 is 10.1 Å². The van der Waals surface area contributed by atoms with Crippen LogP contribution in [0.5, 0.6) is 5.75 Å². The van der Waals surface area contributed by atoms with Gasteiger partial charge in [-0.2, -0.15) is 13.2 Å². The summed E-state index contributed by atoms with van der Waals surface area (Å²) in [6, 6.07) is 18.3. The lowest BCUT2D eigenvalue weighted by atomic mass is 9.99. The Labute approximate surface area is 194 Å². The fourth-order valence-electron chi connectivity index (χ4n) is 3.60. The van der Waals surface area contributed by atoms with Crippen LogP contribution in [0, 0.1) is 0 Å². The zero-order valence-electron chi connectivity index (χ0n) is 18.3. The molecular formula is C26H22F3N3O2. The van der Waals surface area contributed by atoms with Gasteiger partial charge in [-0.3, -0.25) is 14.8 Å². The van der Waals surface area contributed by atoms with Crippen molar-refractivity contribution in [3.63, 3.8) is 0 Å². The van der Waals surface area contributed by atoms with Crippen molar-refractivity contribution in [2.45, 2.75) is 25.6 Å². The van der Waals surface area contributed by atoms with Crippen LogP contribution in [0.25, 0.3) is 21.9 Å². The molecule has 0 radical (unpaired) electrons. The predicted octanol–water partition coefficient (Wildman–Crippen LogP) is 5.66. The fraction of sp³-hybridized carbons (Fsp3) is 0.192. The van der Waals surface area contributed by atoms with Crippen LogP contribution in [0.1, 0.15) is 24.2 Å². The molecule has 0 aliphatic carbocycles. The summed E-state index contributed by atoms with van der Waals surface area (Å²) in [6.45, 7) is 0.378. The molecule has 0 spiro atoms. The molecule has 0 saturated heterocycles. The van der Waals surface area contributed by atoms with Crippen LogP contribution in [0.2, 0.25) is 0 Å². The Morgan fingerprint density at radius 3 is 2.47 bits per heavy atom. The number of rotatable bonds is 7. The molecule has 5 nitrogen and oxygen atoms in total. The molecule has 1 N–H and O–H groups in total. The zero-order chi connectivity index (χ0) is 24.1. The summed E-state index contributed by atoms with van der Waals surface area (Å²) in [5.74, 6) is -0.174. The van der Waals surface area contributed by atoms with Gasteiger partial charge in [0.05, 0.1) is 24.4 Å². The number of halogens is 3.